The van der Waals surface area contributed by atoms with E-state index in [1.54, 1.807) is 30.3 Å². The van der Waals surface area contributed by atoms with Gasteiger partial charge in [-0.1, -0.05) is 35.5 Å². The number of amides is 2. The molecule has 0 radical (unpaired) electrons. The second kappa shape index (κ2) is 9.65. The molecule has 2 amide bonds. The van der Waals surface area contributed by atoms with Crippen LogP contribution in [0.25, 0.3) is 11.3 Å². The number of carbonyl (C=O) groups is 2. The fourth-order valence-electron chi connectivity index (χ4n) is 2.56. The number of anilines is 1. The third-order valence-electron chi connectivity index (χ3n) is 3.99. The van der Waals surface area contributed by atoms with Crippen molar-refractivity contribution in [2.75, 3.05) is 18.5 Å². The summed E-state index contributed by atoms with van der Waals surface area (Å²) in [6, 6.07) is 15.7. The number of nitriles is 1. The van der Waals surface area contributed by atoms with Crippen LogP contribution in [0.1, 0.15) is 16.1 Å². The Bertz CT molecular complexity index is 1150. The van der Waals surface area contributed by atoms with Gasteiger partial charge in [0.15, 0.2) is 18.1 Å². The maximum Gasteiger partial charge on any atom is 0.422 e. The largest absolute Gasteiger partial charge is 0.483 e. The zero-order chi connectivity index (χ0) is 23.1. The molecule has 32 heavy (non-hydrogen) atoms. The van der Waals surface area contributed by atoms with Crippen molar-refractivity contribution in [3.8, 4) is 23.1 Å². The molecule has 0 aliphatic rings. The van der Waals surface area contributed by atoms with Gasteiger partial charge < -0.3 is 19.9 Å². The predicted octanol–water partition coefficient (Wildman–Crippen LogP) is 3.52. The predicted molar refractivity (Wildman–Crippen MR) is 106 cm³/mol. The number of halogens is 3. The molecule has 3 rings (SSSR count). The third kappa shape index (κ3) is 6.09. The van der Waals surface area contributed by atoms with Crippen molar-refractivity contribution in [2.45, 2.75) is 6.18 Å². The molecule has 0 unspecified atom stereocenters. The lowest BCUT2D eigenvalue weighted by atomic mass is 10.1. The van der Waals surface area contributed by atoms with Crippen LogP contribution in [0.3, 0.4) is 0 Å². The fraction of sp³-hybridized carbons (Fsp3) is 0.143. The van der Waals surface area contributed by atoms with Gasteiger partial charge in [0, 0.05) is 17.3 Å². The number of alkyl halides is 3. The zero-order valence-electron chi connectivity index (χ0n) is 16.3. The standard InChI is InChI=1S/C21H15F3N4O4/c22-21(23,24)12-31-17-7-6-15(8-14(17)10-25)27-19(29)11-26-20(30)16-9-18(32-28-16)13-4-2-1-3-5-13/h1-9H,11-12H2,(H,26,30)(H,27,29). The summed E-state index contributed by atoms with van der Waals surface area (Å²) < 4.78 is 46.5. The number of nitrogens with zero attached hydrogens (tertiary/aromatic N) is 2. The molecule has 11 heteroatoms. The smallest absolute Gasteiger partial charge is 0.422 e. The molecule has 1 aromatic heterocycles. The SMILES string of the molecule is N#Cc1cc(NC(=O)CNC(=O)c2cc(-c3ccccc3)on2)ccc1OCC(F)(F)F. The van der Waals surface area contributed by atoms with E-state index >= 15 is 0 Å². The van der Waals surface area contributed by atoms with E-state index in [9.17, 15) is 22.8 Å². The van der Waals surface area contributed by atoms with Gasteiger partial charge in [0.1, 0.15) is 11.8 Å². The summed E-state index contributed by atoms with van der Waals surface area (Å²) in [7, 11) is 0. The number of carbonyl (C=O) groups excluding carboxylic acids is 2. The molecule has 0 aliphatic carbocycles. The Balaban J connectivity index is 1.55. The lowest BCUT2D eigenvalue weighted by Crippen LogP contribution is -2.33. The minimum Gasteiger partial charge on any atom is -0.483 e. The monoisotopic (exact) mass is 444 g/mol. The molecule has 2 N–H and O–H groups in total. The van der Waals surface area contributed by atoms with Crippen LogP contribution in [0.15, 0.2) is 59.1 Å². The van der Waals surface area contributed by atoms with Crippen molar-refractivity contribution in [1.29, 1.82) is 5.26 Å². The molecule has 0 fully saturated rings. The highest BCUT2D eigenvalue weighted by atomic mass is 19.4. The summed E-state index contributed by atoms with van der Waals surface area (Å²) >= 11 is 0. The molecule has 0 saturated carbocycles. The van der Waals surface area contributed by atoms with E-state index in [0.717, 1.165) is 17.7 Å². The maximum atomic E-state index is 12.3. The van der Waals surface area contributed by atoms with Crippen molar-refractivity contribution in [3.05, 3.63) is 65.9 Å². The summed E-state index contributed by atoms with van der Waals surface area (Å²) in [5.74, 6) is -1.15. The quantitative estimate of drug-likeness (QED) is 0.576. The Morgan fingerprint density at radius 2 is 1.88 bits per heavy atom. The summed E-state index contributed by atoms with van der Waals surface area (Å²) in [6.45, 7) is -1.96. The van der Waals surface area contributed by atoms with Gasteiger partial charge in [-0.3, -0.25) is 9.59 Å². The molecule has 0 saturated heterocycles. The number of ether oxygens (including phenoxy) is 1. The summed E-state index contributed by atoms with van der Waals surface area (Å²) in [5, 5.41) is 17.6. The third-order valence-corrected chi connectivity index (χ3v) is 3.99. The van der Waals surface area contributed by atoms with Crippen LogP contribution in [0.5, 0.6) is 5.75 Å². The maximum absolute atomic E-state index is 12.3. The minimum atomic E-state index is -4.55. The summed E-state index contributed by atoms with van der Waals surface area (Å²) in [6.07, 6.45) is -4.55. The second-order valence-corrected chi connectivity index (χ2v) is 6.40. The summed E-state index contributed by atoms with van der Waals surface area (Å²) in [4.78, 5) is 24.3. The van der Waals surface area contributed by atoms with Crippen molar-refractivity contribution >= 4 is 17.5 Å². The highest BCUT2D eigenvalue weighted by molar-refractivity contribution is 5.98. The van der Waals surface area contributed by atoms with Crippen molar-refractivity contribution in [3.63, 3.8) is 0 Å². The van der Waals surface area contributed by atoms with Crippen LogP contribution < -0.4 is 15.4 Å². The van der Waals surface area contributed by atoms with Crippen LogP contribution in [0.4, 0.5) is 18.9 Å². The van der Waals surface area contributed by atoms with Gasteiger partial charge in [-0.05, 0) is 18.2 Å². The zero-order valence-corrected chi connectivity index (χ0v) is 16.3. The Morgan fingerprint density at radius 1 is 1.12 bits per heavy atom. The number of nitrogens with one attached hydrogen (secondary N) is 2. The average Bonchev–Trinajstić information content (AvgIpc) is 3.27. The molecule has 3 aromatic rings. The number of rotatable bonds is 7. The van der Waals surface area contributed by atoms with Gasteiger partial charge in [0.25, 0.3) is 5.91 Å². The van der Waals surface area contributed by atoms with Gasteiger partial charge in [-0.25, -0.2) is 0 Å². The fourth-order valence-corrected chi connectivity index (χ4v) is 2.56. The first-order valence-electron chi connectivity index (χ1n) is 9.09. The topological polar surface area (TPSA) is 117 Å². The van der Waals surface area contributed by atoms with Crippen LogP contribution in [0.2, 0.25) is 0 Å². The first-order valence-corrected chi connectivity index (χ1v) is 9.09. The van der Waals surface area contributed by atoms with Gasteiger partial charge >= 0.3 is 6.18 Å². The van der Waals surface area contributed by atoms with Gasteiger partial charge in [-0.2, -0.15) is 18.4 Å². The molecule has 2 aromatic carbocycles. The lowest BCUT2D eigenvalue weighted by Gasteiger charge is -2.12. The van der Waals surface area contributed by atoms with E-state index in [4.69, 9.17) is 9.78 Å². The molecular formula is C21H15F3N4O4. The van der Waals surface area contributed by atoms with Crippen LogP contribution in [-0.4, -0.2) is 36.3 Å². The normalized spacial score (nSPS) is 10.8. The van der Waals surface area contributed by atoms with E-state index in [1.165, 1.54) is 12.1 Å². The molecule has 0 bridgehead atoms. The molecule has 1 heterocycles. The molecule has 8 nitrogen and oxygen atoms in total. The molecule has 164 valence electrons. The van der Waals surface area contributed by atoms with E-state index in [2.05, 4.69) is 20.5 Å². The van der Waals surface area contributed by atoms with E-state index in [1.807, 2.05) is 6.07 Å². The molecular weight excluding hydrogens is 429 g/mol. The Morgan fingerprint density at radius 3 is 2.56 bits per heavy atom. The molecule has 0 aliphatic heterocycles. The first-order chi connectivity index (χ1) is 15.2. The number of benzene rings is 2. The van der Waals surface area contributed by atoms with Gasteiger partial charge in [-0.15, -0.1) is 0 Å². The first kappa shape index (κ1) is 22.4. The minimum absolute atomic E-state index is 0.0189. The van der Waals surface area contributed by atoms with E-state index < -0.39 is 31.1 Å². The molecule has 0 spiro atoms. The Hall–Kier alpha value is -4.33. The second-order valence-electron chi connectivity index (χ2n) is 6.40. The lowest BCUT2D eigenvalue weighted by molar-refractivity contribution is -0.153. The van der Waals surface area contributed by atoms with Crippen molar-refractivity contribution < 1.29 is 32.0 Å². The highest BCUT2D eigenvalue weighted by Crippen LogP contribution is 2.25. The highest BCUT2D eigenvalue weighted by Gasteiger charge is 2.29. The Labute approximate surface area is 179 Å². The average molecular weight is 444 g/mol. The van der Waals surface area contributed by atoms with Gasteiger partial charge in [0.2, 0.25) is 5.91 Å². The summed E-state index contributed by atoms with van der Waals surface area (Å²) in [5.41, 5.74) is 0.669. The number of hydrogen-bond donors (Lipinski definition) is 2. The van der Waals surface area contributed by atoms with Crippen LogP contribution >= 0.6 is 0 Å². The number of hydrogen-bond acceptors (Lipinski definition) is 6. The van der Waals surface area contributed by atoms with Crippen molar-refractivity contribution in [1.82, 2.24) is 10.5 Å². The van der Waals surface area contributed by atoms with Crippen LogP contribution in [0, 0.1) is 11.3 Å². The number of aromatic nitrogens is 1. The van der Waals surface area contributed by atoms with E-state index in [-0.39, 0.29) is 22.7 Å². The Kier molecular flexibility index (Phi) is 6.74. The van der Waals surface area contributed by atoms with Crippen molar-refractivity contribution in [2.24, 2.45) is 0 Å². The van der Waals surface area contributed by atoms with Gasteiger partial charge in [0.05, 0.1) is 12.1 Å². The van der Waals surface area contributed by atoms with Crippen LogP contribution in [-0.2, 0) is 4.79 Å². The molecule has 0 atom stereocenters. The van der Waals surface area contributed by atoms with E-state index in [0.29, 0.717) is 5.76 Å².